The Labute approximate surface area is 350 Å². The van der Waals surface area contributed by atoms with Crippen molar-refractivity contribution < 1.29 is 81.3 Å². The Morgan fingerprint density at radius 3 is 2.27 bits per heavy atom. The molecule has 0 aromatic heterocycles. The fraction of sp³-hybridized carbons (Fsp3) is 0.659. The van der Waals surface area contributed by atoms with Crippen molar-refractivity contribution in [1.29, 1.82) is 0 Å². The molecule has 16 nitrogen and oxygen atoms in total. The number of nitrogens with one attached hydrogen (secondary N) is 1. The minimum atomic E-state index is -3.53. The number of rotatable bonds is 10. The van der Waals surface area contributed by atoms with E-state index in [4.69, 9.17) is 40.0 Å². The first-order chi connectivity index (χ1) is 27.7. The van der Waals surface area contributed by atoms with Gasteiger partial charge in [0.15, 0.2) is 23.6 Å². The summed E-state index contributed by atoms with van der Waals surface area (Å²) < 4.78 is 63.2. The van der Waals surface area contributed by atoms with E-state index in [-0.39, 0.29) is 34.6 Å². The highest BCUT2D eigenvalue weighted by atomic mass is 35.5. The number of alkyl carbamates (subject to hydrolysis) is 1. The summed E-state index contributed by atoms with van der Waals surface area (Å²) in [4.78, 5) is 81.9. The second-order valence-corrected chi connectivity index (χ2v) is 17.9. The summed E-state index contributed by atoms with van der Waals surface area (Å²) >= 11 is 6.21. The molecule has 3 aliphatic carbocycles. The molecule has 2 saturated carbocycles. The predicted octanol–water partition coefficient (Wildman–Crippen LogP) is 3.77. The number of carbonyl (C=O) groups excluding carboxylic acids is 6. The Morgan fingerprint density at radius 1 is 1.08 bits per heavy atom. The van der Waals surface area contributed by atoms with Crippen LogP contribution in [0.15, 0.2) is 35.4 Å². The molecule has 0 unspecified atom stereocenters. The molecule has 1 aliphatic heterocycles. The normalized spacial score (nSPS) is 33.0. The molecule has 0 radical (unpaired) electrons. The molecule has 60 heavy (non-hydrogen) atoms. The summed E-state index contributed by atoms with van der Waals surface area (Å²) in [5.41, 5.74) is -9.82. The average Bonchev–Trinajstić information content (AvgIpc) is 3.13. The van der Waals surface area contributed by atoms with Crippen molar-refractivity contribution >= 4 is 47.4 Å². The molecule has 1 amide bonds. The highest BCUT2D eigenvalue weighted by Crippen LogP contribution is 2.64. The van der Waals surface area contributed by atoms with Gasteiger partial charge in [0.05, 0.1) is 29.6 Å². The number of amides is 1. The van der Waals surface area contributed by atoms with Gasteiger partial charge in [0, 0.05) is 36.6 Å². The van der Waals surface area contributed by atoms with Gasteiger partial charge in [-0.1, -0.05) is 38.4 Å². The summed E-state index contributed by atoms with van der Waals surface area (Å²) in [6.07, 6.45) is -17.3. The maximum absolute atomic E-state index is 15.4. The van der Waals surface area contributed by atoms with Gasteiger partial charge in [-0.3, -0.25) is 14.4 Å². The number of hydrogen-bond donors (Lipinski definition) is 4. The zero-order valence-electron chi connectivity index (χ0n) is 34.7. The molecule has 3 fully saturated rings. The van der Waals surface area contributed by atoms with Crippen LogP contribution >= 0.6 is 11.6 Å². The summed E-state index contributed by atoms with van der Waals surface area (Å²) in [6, 6.07) is 3.01. The smallest absolute Gasteiger partial charge is 0.408 e. The van der Waals surface area contributed by atoms with Crippen LogP contribution in [0, 0.1) is 16.7 Å². The van der Waals surface area contributed by atoms with Crippen LogP contribution in [0.1, 0.15) is 91.9 Å². The van der Waals surface area contributed by atoms with Crippen LogP contribution in [0.5, 0.6) is 0 Å². The highest BCUT2D eigenvalue weighted by molar-refractivity contribution is 6.30. The number of halogens is 3. The number of fused-ring (bicyclic) bond motifs is 5. The summed E-state index contributed by atoms with van der Waals surface area (Å²) in [5, 5.41) is 38.4. The second kappa shape index (κ2) is 16.6. The predicted molar refractivity (Wildman–Crippen MR) is 203 cm³/mol. The van der Waals surface area contributed by atoms with Crippen LogP contribution in [0.3, 0.4) is 0 Å². The van der Waals surface area contributed by atoms with E-state index in [2.05, 4.69) is 0 Å². The Bertz CT molecular complexity index is 1950. The molecule has 11 atom stereocenters. The third-order valence-electron chi connectivity index (χ3n) is 12.3. The summed E-state index contributed by atoms with van der Waals surface area (Å²) in [6.45, 7) is 12.1. The Kier molecular flexibility index (Phi) is 12.9. The monoisotopic (exact) mass is 871 g/mol. The molecule has 2 bridgehead atoms. The van der Waals surface area contributed by atoms with Crippen molar-refractivity contribution in [2.75, 3.05) is 6.61 Å². The molecular weight excluding hydrogens is 820 g/mol. The van der Waals surface area contributed by atoms with Crippen molar-refractivity contribution in [2.24, 2.45) is 16.7 Å². The number of esters is 4. The number of hydrogen-bond acceptors (Lipinski definition) is 15. The standard InChI is InChI=1S/C41H52ClF2NO15/c1-10-25(48)57-29-26-18(2)22(56-35(52)28(49)27(33(43)44)45-36(53)60-37(4,5)6)16-41(54,38(26,7)8)32(58-34(51)20-12-11-13-21(42)14-20)30-39(9,31(29)50)23(47)15-24-40(30,17-55-24)59-19(3)46/h11-14,22-24,27-30,32-33,47,49,54H,10,15-17H2,1-9H3,(H,45,53)/t22-,23-,24+,27+,28+,29+,30-,32-,39+,40-,41+/m0/s1. The number of ketones is 1. The lowest BCUT2D eigenvalue weighted by Crippen LogP contribution is -2.82. The largest absolute Gasteiger partial charge is 0.456 e. The van der Waals surface area contributed by atoms with Gasteiger partial charge in [-0.05, 0) is 64.0 Å². The first-order valence-electron chi connectivity index (χ1n) is 19.5. The molecule has 1 aromatic rings. The molecule has 1 heterocycles. The van der Waals surface area contributed by atoms with E-state index in [0.29, 0.717) is 0 Å². The van der Waals surface area contributed by atoms with Crippen molar-refractivity contribution in [2.45, 2.75) is 147 Å². The fourth-order valence-corrected chi connectivity index (χ4v) is 9.38. The van der Waals surface area contributed by atoms with Crippen molar-refractivity contribution in [3.05, 3.63) is 46.0 Å². The summed E-state index contributed by atoms with van der Waals surface area (Å²) in [7, 11) is 0. The number of Topliss-reactive ketones (excluding diaryl/α,β-unsaturated/α-hetero) is 1. The number of carbonyl (C=O) groups is 6. The Morgan fingerprint density at radius 2 is 1.73 bits per heavy atom. The molecule has 4 N–H and O–H groups in total. The zero-order chi connectivity index (χ0) is 45.1. The van der Waals surface area contributed by atoms with E-state index in [9.17, 15) is 48.1 Å². The van der Waals surface area contributed by atoms with E-state index < -0.39 is 131 Å². The Balaban J connectivity index is 1.75. The molecule has 19 heteroatoms. The minimum absolute atomic E-state index is 0.0204. The molecule has 0 spiro atoms. The fourth-order valence-electron chi connectivity index (χ4n) is 9.19. The quantitative estimate of drug-likeness (QED) is 0.149. The number of alkyl halides is 2. The van der Waals surface area contributed by atoms with Crippen LogP contribution in [0.4, 0.5) is 13.6 Å². The first kappa shape index (κ1) is 46.8. The van der Waals surface area contributed by atoms with Crippen LogP contribution in [-0.4, -0.2) is 124 Å². The third-order valence-corrected chi connectivity index (χ3v) is 12.5. The topological polar surface area (TPSA) is 231 Å². The maximum Gasteiger partial charge on any atom is 0.408 e. The molecule has 5 rings (SSSR count). The maximum atomic E-state index is 15.4. The van der Waals surface area contributed by atoms with Gasteiger partial charge in [0.1, 0.15) is 35.6 Å². The van der Waals surface area contributed by atoms with E-state index in [0.717, 1.165) is 6.92 Å². The SMILES string of the molecule is CCC(=O)O[C@H]1C(=O)[C@@]2(C)[C@H]([C@H](OC(=O)c3cccc(Cl)c3)[C@]3(O)C[C@H](OC(=O)[C@H](O)[C@@H](NC(=O)OC(C)(C)C)C(F)F)C(C)=C1C3(C)C)[C@]1(OC(C)=O)CO[C@@H]1C[C@@H]2O. The van der Waals surface area contributed by atoms with Crippen LogP contribution in [0.2, 0.25) is 5.02 Å². The van der Waals surface area contributed by atoms with E-state index in [1.54, 1.807) is 5.32 Å². The average molecular weight is 872 g/mol. The minimum Gasteiger partial charge on any atom is -0.456 e. The van der Waals surface area contributed by atoms with Crippen molar-refractivity contribution in [1.82, 2.24) is 5.32 Å². The lowest BCUT2D eigenvalue weighted by Gasteiger charge is -2.67. The second-order valence-electron chi connectivity index (χ2n) is 17.5. The van der Waals surface area contributed by atoms with Gasteiger partial charge in [-0.25, -0.2) is 23.2 Å². The van der Waals surface area contributed by atoms with E-state index in [1.807, 2.05) is 0 Å². The number of aliphatic hydroxyl groups is 3. The third kappa shape index (κ3) is 8.12. The number of aliphatic hydroxyl groups excluding tert-OH is 2. The lowest BCUT2D eigenvalue weighted by atomic mass is 9.44. The van der Waals surface area contributed by atoms with Crippen LogP contribution in [0.25, 0.3) is 0 Å². The van der Waals surface area contributed by atoms with E-state index in [1.165, 1.54) is 79.7 Å². The summed E-state index contributed by atoms with van der Waals surface area (Å²) in [5.74, 6) is -7.19. The van der Waals surface area contributed by atoms with Crippen LogP contribution < -0.4 is 5.32 Å². The van der Waals surface area contributed by atoms with Gasteiger partial charge >= 0.3 is 30.0 Å². The lowest BCUT2D eigenvalue weighted by molar-refractivity contribution is -0.346. The van der Waals surface area contributed by atoms with Crippen molar-refractivity contribution in [3.63, 3.8) is 0 Å². The van der Waals surface area contributed by atoms with Gasteiger partial charge < -0.3 is 49.1 Å². The molecule has 1 aromatic carbocycles. The van der Waals surface area contributed by atoms with Crippen molar-refractivity contribution in [3.8, 4) is 0 Å². The zero-order valence-corrected chi connectivity index (χ0v) is 35.5. The van der Waals surface area contributed by atoms with Gasteiger partial charge in [-0.15, -0.1) is 0 Å². The van der Waals surface area contributed by atoms with Gasteiger partial charge in [0.2, 0.25) is 0 Å². The number of ether oxygens (including phenoxy) is 6. The van der Waals surface area contributed by atoms with Gasteiger partial charge in [0.25, 0.3) is 6.43 Å². The number of benzene rings is 1. The molecule has 4 aliphatic rings. The Hall–Kier alpha value is -4.23. The van der Waals surface area contributed by atoms with Crippen LogP contribution in [-0.2, 0) is 47.6 Å². The molecular formula is C41H52ClF2NO15. The van der Waals surface area contributed by atoms with Gasteiger partial charge in [-0.2, -0.15) is 0 Å². The van der Waals surface area contributed by atoms with E-state index >= 15 is 4.79 Å². The highest BCUT2D eigenvalue weighted by Gasteiger charge is 2.78. The first-order valence-corrected chi connectivity index (χ1v) is 19.8. The molecule has 332 valence electrons. The molecule has 1 saturated heterocycles.